The Morgan fingerprint density at radius 2 is 1.24 bits per heavy atom. The van der Waals surface area contributed by atoms with Gasteiger partial charge in [0.1, 0.15) is 11.3 Å². The highest BCUT2D eigenvalue weighted by Gasteiger charge is 2.54. The van der Waals surface area contributed by atoms with Crippen molar-refractivity contribution in [2.45, 2.75) is 5.41 Å². The van der Waals surface area contributed by atoms with Crippen molar-refractivity contribution in [3.05, 3.63) is 150 Å². The highest BCUT2D eigenvalue weighted by molar-refractivity contribution is 6.03. The Morgan fingerprint density at radius 1 is 0.553 bits per heavy atom. The predicted octanol–water partition coefficient (Wildman–Crippen LogP) is 8.99. The molecule has 0 saturated heterocycles. The van der Waals surface area contributed by atoms with Crippen molar-refractivity contribution >= 4 is 21.9 Å². The highest BCUT2D eigenvalue weighted by atomic mass is 16.3. The van der Waals surface area contributed by atoms with E-state index in [4.69, 9.17) is 9.40 Å². The van der Waals surface area contributed by atoms with Gasteiger partial charge in [-0.3, -0.25) is 4.98 Å². The average Bonchev–Trinajstić information content (AvgIpc) is 3.60. The second kappa shape index (κ2) is 7.08. The first kappa shape index (κ1) is 20.1. The molecule has 0 fully saturated rings. The zero-order valence-corrected chi connectivity index (χ0v) is 20.5. The topological polar surface area (TPSA) is 26.0 Å². The monoisotopic (exact) mass is 483 g/mol. The Morgan fingerprint density at radius 3 is 2.08 bits per heavy atom. The van der Waals surface area contributed by atoms with Gasteiger partial charge >= 0.3 is 0 Å². The van der Waals surface area contributed by atoms with Crippen LogP contribution >= 0.6 is 0 Å². The zero-order chi connectivity index (χ0) is 24.8. The van der Waals surface area contributed by atoms with Crippen molar-refractivity contribution in [1.82, 2.24) is 4.98 Å². The summed E-state index contributed by atoms with van der Waals surface area (Å²) in [4.78, 5) is 4.74. The molecule has 38 heavy (non-hydrogen) atoms. The number of furan rings is 1. The summed E-state index contributed by atoms with van der Waals surface area (Å²) in [5, 5.41) is 2.32. The summed E-state index contributed by atoms with van der Waals surface area (Å²) in [5.74, 6) is 0.975. The van der Waals surface area contributed by atoms with Gasteiger partial charge in [-0.2, -0.15) is 0 Å². The quantitative estimate of drug-likeness (QED) is 0.233. The van der Waals surface area contributed by atoms with Gasteiger partial charge in [0.2, 0.25) is 0 Å². The standard InChI is InChI=1S/C36H21NO/c1-4-15-29-25(11-1)26-12-2-5-16-30(26)36(29)31-19-18-23(24-14-7-9-22-10-8-20-37-34(22)24)21-28(31)35-33(36)27-13-3-6-17-32(27)38-35/h1-21H. The summed E-state index contributed by atoms with van der Waals surface area (Å²) in [6.45, 7) is 0. The van der Waals surface area contributed by atoms with E-state index in [-0.39, 0.29) is 0 Å². The molecule has 7 aromatic rings. The van der Waals surface area contributed by atoms with E-state index in [0.717, 1.165) is 38.9 Å². The van der Waals surface area contributed by atoms with Gasteiger partial charge in [-0.15, -0.1) is 0 Å². The van der Waals surface area contributed by atoms with Gasteiger partial charge in [-0.05, 0) is 51.6 Å². The van der Waals surface area contributed by atoms with Crippen LogP contribution in [-0.4, -0.2) is 4.98 Å². The summed E-state index contributed by atoms with van der Waals surface area (Å²) in [6.07, 6.45) is 1.87. The third-order valence-corrected chi connectivity index (χ3v) is 8.53. The maximum Gasteiger partial charge on any atom is 0.140 e. The van der Waals surface area contributed by atoms with Crippen molar-refractivity contribution in [3.63, 3.8) is 0 Å². The Kier molecular flexibility index (Phi) is 3.76. The van der Waals surface area contributed by atoms with Crippen molar-refractivity contribution in [1.29, 1.82) is 0 Å². The maximum absolute atomic E-state index is 6.72. The van der Waals surface area contributed by atoms with Gasteiger partial charge in [0.15, 0.2) is 0 Å². The number of rotatable bonds is 1. The molecule has 176 valence electrons. The number of hydrogen-bond donors (Lipinski definition) is 0. The molecule has 2 heteroatoms. The first-order valence-corrected chi connectivity index (χ1v) is 13.1. The Bertz CT molecular complexity index is 2050. The van der Waals surface area contributed by atoms with E-state index in [9.17, 15) is 0 Å². The maximum atomic E-state index is 6.72. The summed E-state index contributed by atoms with van der Waals surface area (Å²) < 4.78 is 6.72. The van der Waals surface area contributed by atoms with Gasteiger partial charge in [0.05, 0.1) is 10.9 Å². The van der Waals surface area contributed by atoms with Gasteiger partial charge in [0.25, 0.3) is 0 Å². The van der Waals surface area contributed by atoms with Crippen LogP contribution in [0.2, 0.25) is 0 Å². The summed E-state index contributed by atoms with van der Waals surface area (Å²) in [5.41, 5.74) is 12.8. The van der Waals surface area contributed by atoms with Crippen LogP contribution in [0.3, 0.4) is 0 Å². The molecule has 0 atom stereocenters. The lowest BCUT2D eigenvalue weighted by Gasteiger charge is -2.30. The fraction of sp³-hybridized carbons (Fsp3) is 0.0278. The van der Waals surface area contributed by atoms with E-state index in [0.29, 0.717) is 0 Å². The average molecular weight is 484 g/mol. The van der Waals surface area contributed by atoms with Crippen LogP contribution in [0.4, 0.5) is 0 Å². The SMILES string of the molecule is c1ccc2c(c1)-c1ccccc1C21c2ccc(-c3cccc4cccnc34)cc2-c2oc3ccccc3c21. The number of fused-ring (bicyclic) bond motifs is 13. The number of para-hydroxylation sites is 2. The largest absolute Gasteiger partial charge is 0.456 e. The summed E-state index contributed by atoms with van der Waals surface area (Å²) in [7, 11) is 0. The minimum atomic E-state index is -0.417. The molecular weight excluding hydrogens is 462 g/mol. The Hall–Kier alpha value is -4.95. The van der Waals surface area contributed by atoms with Crippen LogP contribution in [0.5, 0.6) is 0 Å². The third kappa shape index (κ3) is 2.32. The van der Waals surface area contributed by atoms with Crippen molar-refractivity contribution < 1.29 is 4.42 Å². The first-order valence-electron chi connectivity index (χ1n) is 13.1. The van der Waals surface area contributed by atoms with Crippen molar-refractivity contribution in [2.24, 2.45) is 0 Å². The Balaban J connectivity index is 1.43. The van der Waals surface area contributed by atoms with Gasteiger partial charge in [-0.1, -0.05) is 103 Å². The van der Waals surface area contributed by atoms with Crippen LogP contribution in [0, 0.1) is 0 Å². The fourth-order valence-electron chi connectivity index (χ4n) is 7.10. The van der Waals surface area contributed by atoms with Crippen LogP contribution in [0.25, 0.3) is 55.4 Å². The smallest absolute Gasteiger partial charge is 0.140 e. The highest BCUT2D eigenvalue weighted by Crippen LogP contribution is 2.65. The lowest BCUT2D eigenvalue weighted by molar-refractivity contribution is 0.628. The molecule has 2 aliphatic rings. The minimum absolute atomic E-state index is 0.417. The minimum Gasteiger partial charge on any atom is -0.456 e. The van der Waals surface area contributed by atoms with E-state index in [1.165, 1.54) is 38.8 Å². The van der Waals surface area contributed by atoms with Crippen LogP contribution in [-0.2, 0) is 5.41 Å². The summed E-state index contributed by atoms with van der Waals surface area (Å²) >= 11 is 0. The number of nitrogens with zero attached hydrogens (tertiary/aromatic N) is 1. The molecule has 5 aromatic carbocycles. The molecule has 2 aromatic heterocycles. The second-order valence-corrected chi connectivity index (χ2v) is 10.3. The number of pyridine rings is 1. The van der Waals surface area contributed by atoms with Crippen LogP contribution in [0.1, 0.15) is 22.3 Å². The van der Waals surface area contributed by atoms with Crippen LogP contribution in [0.15, 0.2) is 132 Å². The normalized spacial score (nSPS) is 14.0. The zero-order valence-electron chi connectivity index (χ0n) is 20.5. The number of benzene rings is 5. The molecule has 0 bridgehead atoms. The van der Waals surface area contributed by atoms with E-state index in [2.05, 4.69) is 115 Å². The molecule has 2 aliphatic carbocycles. The molecule has 2 heterocycles. The summed E-state index contributed by atoms with van der Waals surface area (Å²) in [6, 6.07) is 43.7. The van der Waals surface area contributed by atoms with Crippen LogP contribution < -0.4 is 0 Å². The lowest BCUT2D eigenvalue weighted by Crippen LogP contribution is -2.25. The molecule has 0 saturated carbocycles. The first-order chi connectivity index (χ1) is 18.9. The second-order valence-electron chi connectivity index (χ2n) is 10.3. The molecule has 0 unspecified atom stereocenters. The van der Waals surface area contributed by atoms with Gasteiger partial charge in [-0.25, -0.2) is 0 Å². The third-order valence-electron chi connectivity index (χ3n) is 8.53. The van der Waals surface area contributed by atoms with Crippen molar-refractivity contribution in [2.75, 3.05) is 0 Å². The van der Waals surface area contributed by atoms with E-state index < -0.39 is 5.41 Å². The fourth-order valence-corrected chi connectivity index (χ4v) is 7.10. The molecule has 2 nitrogen and oxygen atoms in total. The van der Waals surface area contributed by atoms with Crippen molar-refractivity contribution in [3.8, 4) is 33.6 Å². The Labute approximate surface area is 219 Å². The van der Waals surface area contributed by atoms with E-state index in [1.54, 1.807) is 0 Å². The van der Waals surface area contributed by atoms with E-state index >= 15 is 0 Å². The number of hydrogen-bond acceptors (Lipinski definition) is 2. The molecule has 0 aliphatic heterocycles. The lowest BCUT2D eigenvalue weighted by atomic mass is 9.70. The van der Waals surface area contributed by atoms with E-state index in [1.807, 2.05) is 12.3 Å². The van der Waals surface area contributed by atoms with Gasteiger partial charge in [0, 0.05) is 33.7 Å². The molecular formula is C36H21NO. The van der Waals surface area contributed by atoms with Gasteiger partial charge < -0.3 is 4.42 Å². The number of aromatic nitrogens is 1. The molecule has 9 rings (SSSR count). The molecule has 0 radical (unpaired) electrons. The molecule has 0 amide bonds. The predicted molar refractivity (Wildman–Crippen MR) is 153 cm³/mol. The molecule has 0 N–H and O–H groups in total. The molecule has 1 spiro atoms.